The van der Waals surface area contributed by atoms with Crippen LogP contribution in [0.2, 0.25) is 0 Å². The largest absolute Gasteiger partial charge is 0.550 e. The number of carboxylic acid groups (broad SMARTS) is 1. The Labute approximate surface area is 97.1 Å². The third kappa shape index (κ3) is 70.1. The van der Waals surface area contributed by atoms with E-state index in [4.69, 9.17) is 15.3 Å². The smallest absolute Gasteiger partial charge is 0.0689 e. The van der Waals surface area contributed by atoms with Gasteiger partial charge in [0.1, 0.15) is 0 Å². The van der Waals surface area contributed by atoms with Gasteiger partial charge in [-0.15, -0.1) is 0 Å². The van der Waals surface area contributed by atoms with Gasteiger partial charge in [-0.2, -0.15) is 0 Å². The second-order valence-corrected chi connectivity index (χ2v) is 1.35. The van der Waals surface area contributed by atoms with Gasteiger partial charge < -0.3 is 25.2 Å². The van der Waals surface area contributed by atoms with E-state index in [-0.39, 0.29) is 48.2 Å². The minimum Gasteiger partial charge on any atom is -0.550 e. The molecule has 11 heavy (non-hydrogen) atoms. The Morgan fingerprint density at radius 2 is 1.73 bits per heavy atom. The van der Waals surface area contributed by atoms with Crippen molar-refractivity contribution in [1.82, 2.24) is 0 Å². The third-order valence-electron chi connectivity index (χ3n) is 0.454. The Kier molecular flexibility index (Phi) is 19.9. The minimum atomic E-state index is -1.75. The summed E-state index contributed by atoms with van der Waals surface area (Å²) in [5, 5.41) is 24.2. The van der Waals surface area contributed by atoms with Crippen LogP contribution < -0.4 is 5.11 Å². The first kappa shape index (κ1) is 17.2. The van der Waals surface area contributed by atoms with Crippen molar-refractivity contribution in [2.75, 3.05) is 0 Å². The molecule has 0 rings (SSSR count). The van der Waals surface area contributed by atoms with E-state index in [9.17, 15) is 9.90 Å². The summed E-state index contributed by atoms with van der Waals surface area (Å²) in [5.74, 6) is -0.961. The Hall–Kier alpha value is 0.0466. The van der Waals surface area contributed by atoms with Crippen LogP contribution in [0.15, 0.2) is 0 Å². The Bertz CT molecular complexity index is 113. The fraction of sp³-hybridized carbons (Fsp3) is 0.750. The molecule has 0 fully saturated rings. The molecule has 0 heterocycles. The van der Waals surface area contributed by atoms with E-state index in [0.717, 1.165) is 0 Å². The number of nitrogens with zero attached hydrogens (tertiary/aromatic N) is 1. The summed E-state index contributed by atoms with van der Waals surface area (Å²) in [6.45, 7) is 1.80. The second kappa shape index (κ2) is 12.7. The van der Waals surface area contributed by atoms with Crippen LogP contribution in [-0.4, -0.2) is 11.1 Å². The summed E-state index contributed by atoms with van der Waals surface area (Å²) in [7, 11) is 0. The summed E-state index contributed by atoms with van der Waals surface area (Å²) in [6, 6.07) is 0. The number of hydrogen-bond acceptors (Lipinski definition) is 5. The first-order valence-corrected chi connectivity index (χ1v) is 2.52. The molecule has 0 atom stereocenters. The molecule has 0 N–H and O–H groups in total. The predicted molar refractivity (Wildman–Crippen MR) is 30.3 cm³/mol. The molecule has 0 bridgehead atoms. The van der Waals surface area contributed by atoms with E-state index in [1.807, 2.05) is 0 Å². The predicted octanol–water partition coefficient (Wildman–Crippen LogP) is -0.703. The van der Waals surface area contributed by atoms with E-state index in [1.54, 1.807) is 6.92 Å². The monoisotopic (exact) mass is 289 g/mol. The van der Waals surface area contributed by atoms with E-state index in [1.165, 1.54) is 0 Å². The number of carbonyl (C=O) groups is 1. The van der Waals surface area contributed by atoms with Crippen molar-refractivity contribution in [2.45, 2.75) is 19.8 Å². The van der Waals surface area contributed by atoms with E-state index in [2.05, 4.69) is 0 Å². The maximum atomic E-state index is 9.49. The average Bonchev–Trinajstić information content (AvgIpc) is 1.62. The molecule has 0 amide bonds. The molecule has 0 saturated heterocycles. The standard InChI is InChI=1S/C4H8O2.Ce.NO3/c1-2-3-4(5)6;;2-1(3)4/h2-3H2,1H3,(H,5,6);;/q;;-1/p-1. The molecule has 0 aromatic heterocycles. The first-order chi connectivity index (χ1) is 4.50. The molecule has 0 radical (unpaired) electrons. The number of hydrogen-bond donors (Lipinski definition) is 0. The van der Waals surface area contributed by atoms with Gasteiger partial charge in [0.25, 0.3) is 0 Å². The zero-order chi connectivity index (χ0) is 8.57. The normalized spacial score (nSPS) is 6.64. The zero-order valence-electron chi connectivity index (χ0n) is 5.90. The van der Waals surface area contributed by atoms with Crippen LogP contribution in [0.3, 0.4) is 0 Å². The topological polar surface area (TPSA) is 106 Å². The van der Waals surface area contributed by atoms with Crippen molar-refractivity contribution in [3.63, 3.8) is 0 Å². The van der Waals surface area contributed by atoms with Gasteiger partial charge in [-0.25, -0.2) is 0 Å². The van der Waals surface area contributed by atoms with Crippen LogP contribution in [0.1, 0.15) is 19.8 Å². The Morgan fingerprint density at radius 1 is 1.45 bits per heavy atom. The first-order valence-electron chi connectivity index (χ1n) is 2.52. The van der Waals surface area contributed by atoms with Crippen molar-refractivity contribution in [3.05, 3.63) is 15.3 Å². The number of carboxylic acids is 1. The van der Waals surface area contributed by atoms with Crippen molar-refractivity contribution >= 4 is 5.97 Å². The number of rotatable bonds is 2. The van der Waals surface area contributed by atoms with Gasteiger partial charge in [0.2, 0.25) is 0 Å². The molecule has 6 nitrogen and oxygen atoms in total. The van der Waals surface area contributed by atoms with Crippen LogP contribution in [0.25, 0.3) is 0 Å². The second-order valence-electron chi connectivity index (χ2n) is 1.35. The van der Waals surface area contributed by atoms with Crippen LogP contribution in [0.4, 0.5) is 0 Å². The molecule has 7 heteroatoms. The van der Waals surface area contributed by atoms with Crippen LogP contribution >= 0.6 is 0 Å². The third-order valence-corrected chi connectivity index (χ3v) is 0.454. The van der Waals surface area contributed by atoms with Gasteiger partial charge in [-0.1, -0.05) is 13.3 Å². The van der Waals surface area contributed by atoms with Crippen molar-refractivity contribution < 1.29 is 56.7 Å². The van der Waals surface area contributed by atoms with E-state index < -0.39 is 11.1 Å². The fourth-order valence-corrected chi connectivity index (χ4v) is 0.204. The van der Waals surface area contributed by atoms with E-state index in [0.29, 0.717) is 6.42 Å². The van der Waals surface area contributed by atoms with Crippen LogP contribution in [0, 0.1) is 57.1 Å². The Balaban J connectivity index is -0.000000114. The van der Waals surface area contributed by atoms with Gasteiger partial charge in [-0.05, 0) is 6.42 Å². The molecule has 64 valence electrons. The summed E-state index contributed by atoms with van der Waals surface area (Å²) in [4.78, 5) is 17.7. The summed E-state index contributed by atoms with van der Waals surface area (Å²) in [6.07, 6.45) is 0.850. The Morgan fingerprint density at radius 3 is 1.73 bits per heavy atom. The molecule has 0 aromatic carbocycles. The van der Waals surface area contributed by atoms with Crippen molar-refractivity contribution in [2.24, 2.45) is 0 Å². The quantitative estimate of drug-likeness (QED) is 0.493. The maximum absolute atomic E-state index is 9.49. The van der Waals surface area contributed by atoms with Gasteiger partial charge >= 0.3 is 0 Å². The summed E-state index contributed by atoms with van der Waals surface area (Å²) < 4.78 is 0. The minimum absolute atomic E-state index is 0. The molecule has 0 spiro atoms. The molecule has 0 aliphatic carbocycles. The molecule has 0 saturated carbocycles. The fourth-order valence-electron chi connectivity index (χ4n) is 0.204. The molecule has 0 aliphatic heterocycles. The van der Waals surface area contributed by atoms with Crippen LogP contribution in [-0.2, 0) is 4.79 Å². The van der Waals surface area contributed by atoms with Crippen molar-refractivity contribution in [1.29, 1.82) is 0 Å². The van der Waals surface area contributed by atoms with Gasteiger partial charge in [0.05, 0.1) is 5.09 Å². The maximum Gasteiger partial charge on any atom is 0.0689 e. The van der Waals surface area contributed by atoms with Crippen molar-refractivity contribution in [3.8, 4) is 0 Å². The van der Waals surface area contributed by atoms with Gasteiger partial charge in [-0.3, -0.25) is 0 Å². The zero-order valence-corrected chi connectivity index (χ0v) is 9.04. The van der Waals surface area contributed by atoms with Crippen LogP contribution in [0.5, 0.6) is 0 Å². The van der Waals surface area contributed by atoms with Gasteiger partial charge in [0.15, 0.2) is 0 Å². The summed E-state index contributed by atoms with van der Waals surface area (Å²) >= 11 is 0. The molecule has 0 aliphatic rings. The molecular weight excluding hydrogens is 282 g/mol. The number of aliphatic carboxylic acids is 1. The van der Waals surface area contributed by atoms with Gasteiger partial charge in [0, 0.05) is 47.7 Å². The molecular formula is C4H7CeNO5-2. The number of carbonyl (C=O) groups excluding carboxylic acids is 1. The van der Waals surface area contributed by atoms with E-state index >= 15 is 0 Å². The molecule has 0 unspecified atom stereocenters. The summed E-state index contributed by atoms with van der Waals surface area (Å²) in [5.41, 5.74) is 0. The SMILES string of the molecule is CCCC(=O)[O-].O=[N+]([O-])[O-].[Ce]. The molecule has 0 aromatic rings. The average molecular weight is 289 g/mol.